The molecule has 0 saturated heterocycles. The van der Waals surface area contributed by atoms with Gasteiger partial charge < -0.3 is 0 Å². The molecule has 0 spiro atoms. The summed E-state index contributed by atoms with van der Waals surface area (Å²) >= 11 is 0. The van der Waals surface area contributed by atoms with Gasteiger partial charge in [0.15, 0.2) is 0 Å². The first kappa shape index (κ1) is 9.22. The van der Waals surface area contributed by atoms with Gasteiger partial charge in [0, 0.05) is 0 Å². The Balaban J connectivity index is 3.32. The van der Waals surface area contributed by atoms with E-state index in [1.165, 1.54) is 12.8 Å². The monoisotopic (exact) mass is 135 g/mol. The molecule has 0 aliphatic carbocycles. The summed E-state index contributed by atoms with van der Waals surface area (Å²) in [5, 5.41) is 0. The predicted octanol–water partition coefficient (Wildman–Crippen LogP) is 3.29. The molecule has 0 aromatic rings. The summed E-state index contributed by atoms with van der Waals surface area (Å²) in [5.41, 5.74) is 0. The molecule has 10 heavy (non-hydrogen) atoms. The maximum atomic E-state index is 3.56. The van der Waals surface area contributed by atoms with E-state index in [1.54, 1.807) is 6.08 Å². The van der Waals surface area contributed by atoms with Crippen LogP contribution in [0.5, 0.6) is 0 Å². The van der Waals surface area contributed by atoms with E-state index in [9.17, 15) is 0 Å². The fourth-order valence-electron chi connectivity index (χ4n) is 0.548. The number of unbranched alkanes of at least 4 members (excludes halogenated alkanes) is 1. The molecule has 0 rings (SSSR count). The molecular formula is C10H15. The average molecular weight is 135 g/mol. The van der Waals surface area contributed by atoms with Gasteiger partial charge >= 0.3 is 0 Å². The van der Waals surface area contributed by atoms with Crippen molar-refractivity contribution in [1.82, 2.24) is 0 Å². The lowest BCUT2D eigenvalue weighted by molar-refractivity contribution is 0.959. The predicted molar refractivity (Wildman–Crippen MR) is 47.7 cm³/mol. The van der Waals surface area contributed by atoms with Crippen molar-refractivity contribution in [3.8, 4) is 0 Å². The second-order valence-electron chi connectivity index (χ2n) is 2.03. The molecule has 0 nitrogen and oxygen atoms in total. The van der Waals surface area contributed by atoms with Crippen LogP contribution in [0.3, 0.4) is 0 Å². The fraction of sp³-hybridized carbons (Fsp3) is 0.300. The highest BCUT2D eigenvalue weighted by Gasteiger charge is 1.67. The molecule has 0 fully saturated rings. The zero-order valence-corrected chi connectivity index (χ0v) is 6.59. The van der Waals surface area contributed by atoms with Crippen LogP contribution in [-0.2, 0) is 0 Å². The maximum Gasteiger partial charge on any atom is -0.0313 e. The average Bonchev–Trinajstić information content (AvgIpc) is 1.97. The van der Waals surface area contributed by atoms with Crippen LogP contribution < -0.4 is 0 Å². The van der Waals surface area contributed by atoms with Gasteiger partial charge in [0.25, 0.3) is 0 Å². The summed E-state index contributed by atoms with van der Waals surface area (Å²) in [6, 6.07) is 0. The van der Waals surface area contributed by atoms with E-state index < -0.39 is 0 Å². The van der Waals surface area contributed by atoms with Gasteiger partial charge in [-0.25, -0.2) is 0 Å². The highest BCUT2D eigenvalue weighted by Crippen LogP contribution is 1.88. The van der Waals surface area contributed by atoms with Gasteiger partial charge in [-0.15, -0.1) is 0 Å². The van der Waals surface area contributed by atoms with E-state index in [0.29, 0.717) is 0 Å². The fourth-order valence-corrected chi connectivity index (χ4v) is 0.548. The van der Waals surface area contributed by atoms with Crippen LogP contribution in [0, 0.1) is 6.92 Å². The van der Waals surface area contributed by atoms with Crippen LogP contribution in [0.15, 0.2) is 36.5 Å². The third kappa shape index (κ3) is 7.22. The first-order chi connectivity index (χ1) is 4.91. The van der Waals surface area contributed by atoms with Crippen molar-refractivity contribution in [2.45, 2.75) is 19.8 Å². The topological polar surface area (TPSA) is 0 Å². The van der Waals surface area contributed by atoms with E-state index in [0.717, 1.165) is 0 Å². The first-order valence-electron chi connectivity index (χ1n) is 3.69. The molecule has 0 atom stereocenters. The number of allylic oxidation sites excluding steroid dienone is 6. The van der Waals surface area contributed by atoms with Gasteiger partial charge in [-0.2, -0.15) is 0 Å². The van der Waals surface area contributed by atoms with Crippen molar-refractivity contribution >= 4 is 0 Å². The van der Waals surface area contributed by atoms with E-state index in [1.807, 2.05) is 18.2 Å². The molecule has 0 aromatic carbocycles. The van der Waals surface area contributed by atoms with Gasteiger partial charge in [0.05, 0.1) is 0 Å². The van der Waals surface area contributed by atoms with Gasteiger partial charge in [0.1, 0.15) is 0 Å². The lowest BCUT2D eigenvalue weighted by Crippen LogP contribution is -1.58. The Morgan fingerprint density at radius 1 is 1.10 bits per heavy atom. The first-order valence-corrected chi connectivity index (χ1v) is 3.69. The van der Waals surface area contributed by atoms with Crippen LogP contribution in [0.4, 0.5) is 0 Å². The Labute approximate surface area is 64.0 Å². The summed E-state index contributed by atoms with van der Waals surface area (Å²) in [5.74, 6) is 0. The minimum absolute atomic E-state index is 1.17. The number of hydrogen-bond acceptors (Lipinski definition) is 0. The van der Waals surface area contributed by atoms with Crippen LogP contribution in [0.1, 0.15) is 19.8 Å². The second-order valence-corrected chi connectivity index (χ2v) is 2.03. The SMILES string of the molecule is [CH2]/C=C/C=C/C=C/CCC. The molecule has 0 heterocycles. The van der Waals surface area contributed by atoms with Gasteiger partial charge in [-0.1, -0.05) is 49.8 Å². The maximum absolute atomic E-state index is 3.56. The van der Waals surface area contributed by atoms with Crippen molar-refractivity contribution in [2.75, 3.05) is 0 Å². The second kappa shape index (κ2) is 8.22. The van der Waals surface area contributed by atoms with Crippen LogP contribution in [0.25, 0.3) is 0 Å². The third-order valence-corrected chi connectivity index (χ3v) is 1.06. The number of rotatable bonds is 4. The highest BCUT2D eigenvalue weighted by atomic mass is 13.7. The molecule has 0 N–H and O–H groups in total. The standard InChI is InChI=1S/C10H15/c1-3-5-7-9-10-8-6-4-2/h3,5,7-10H,1,4,6H2,2H3/b5-3+,9-7+,10-8+. The Morgan fingerprint density at radius 3 is 2.40 bits per heavy atom. The lowest BCUT2D eigenvalue weighted by atomic mass is 10.3. The van der Waals surface area contributed by atoms with Crippen LogP contribution >= 0.6 is 0 Å². The Bertz CT molecular complexity index is 127. The third-order valence-electron chi connectivity index (χ3n) is 1.06. The molecule has 0 heteroatoms. The molecule has 0 amide bonds. The molecule has 0 aliphatic rings. The molecule has 0 unspecified atom stereocenters. The normalized spacial score (nSPS) is 12.6. The largest absolute Gasteiger partial charge is 0.0845 e. The van der Waals surface area contributed by atoms with Crippen molar-refractivity contribution < 1.29 is 0 Å². The van der Waals surface area contributed by atoms with Crippen LogP contribution in [0.2, 0.25) is 0 Å². The molecule has 0 aliphatic heterocycles. The minimum Gasteiger partial charge on any atom is -0.0845 e. The highest BCUT2D eigenvalue weighted by molar-refractivity contribution is 5.11. The van der Waals surface area contributed by atoms with Gasteiger partial charge in [-0.05, 0) is 13.3 Å². The van der Waals surface area contributed by atoms with Crippen molar-refractivity contribution in [2.24, 2.45) is 0 Å². The molecule has 0 aromatic heterocycles. The van der Waals surface area contributed by atoms with E-state index in [2.05, 4.69) is 26.0 Å². The van der Waals surface area contributed by atoms with Crippen molar-refractivity contribution in [3.63, 3.8) is 0 Å². The van der Waals surface area contributed by atoms with E-state index in [-0.39, 0.29) is 0 Å². The summed E-state index contributed by atoms with van der Waals surface area (Å²) in [7, 11) is 0. The van der Waals surface area contributed by atoms with E-state index in [4.69, 9.17) is 0 Å². The summed E-state index contributed by atoms with van der Waals surface area (Å²) in [4.78, 5) is 0. The molecule has 0 bridgehead atoms. The molecule has 0 saturated carbocycles. The zero-order valence-electron chi connectivity index (χ0n) is 6.59. The minimum atomic E-state index is 1.17. The quantitative estimate of drug-likeness (QED) is 0.519. The zero-order chi connectivity index (χ0) is 7.66. The Kier molecular flexibility index (Phi) is 7.58. The van der Waals surface area contributed by atoms with Gasteiger partial charge in [0.2, 0.25) is 0 Å². The molecular weight excluding hydrogens is 120 g/mol. The Morgan fingerprint density at radius 2 is 1.80 bits per heavy atom. The van der Waals surface area contributed by atoms with Crippen LogP contribution in [-0.4, -0.2) is 0 Å². The van der Waals surface area contributed by atoms with Gasteiger partial charge in [-0.3, -0.25) is 0 Å². The molecule has 1 radical (unpaired) electrons. The summed E-state index contributed by atoms with van der Waals surface area (Å²) in [6.45, 7) is 5.73. The summed E-state index contributed by atoms with van der Waals surface area (Å²) < 4.78 is 0. The Hall–Kier alpha value is -0.780. The number of hydrogen-bond donors (Lipinski definition) is 0. The smallest absolute Gasteiger partial charge is 0.0313 e. The molecule has 55 valence electrons. The summed E-state index contributed by atoms with van der Waals surface area (Å²) in [6.07, 6.45) is 14.3. The van der Waals surface area contributed by atoms with Crippen molar-refractivity contribution in [3.05, 3.63) is 43.4 Å². The van der Waals surface area contributed by atoms with Crippen molar-refractivity contribution in [1.29, 1.82) is 0 Å². The lowest BCUT2D eigenvalue weighted by Gasteiger charge is -1.78. The van der Waals surface area contributed by atoms with E-state index >= 15 is 0 Å².